The average molecular weight is 519 g/mol. The fourth-order valence-electron chi connectivity index (χ4n) is 3.63. The number of alkyl halides is 3. The summed E-state index contributed by atoms with van der Waals surface area (Å²) in [7, 11) is 0. The van der Waals surface area contributed by atoms with Crippen molar-refractivity contribution in [3.8, 4) is 5.75 Å². The lowest BCUT2D eigenvalue weighted by atomic mass is 10.1. The molecule has 0 aliphatic carbocycles. The third kappa shape index (κ3) is 9.42. The molecular weight excluding hydrogens is 485 g/mol. The van der Waals surface area contributed by atoms with E-state index in [1.54, 1.807) is 23.4 Å². The van der Waals surface area contributed by atoms with Gasteiger partial charge in [-0.1, -0.05) is 0 Å². The van der Waals surface area contributed by atoms with E-state index >= 15 is 0 Å². The Kier molecular flexibility index (Phi) is 10.2. The Balaban J connectivity index is 0.000000572. The van der Waals surface area contributed by atoms with Crippen molar-refractivity contribution in [1.82, 2.24) is 19.7 Å². The Labute approximate surface area is 207 Å². The molecule has 2 fully saturated rings. The largest absolute Gasteiger partial charge is 0.490 e. The SMILES string of the molecule is CC(C)(C)OC(=O)N1CCN(C(=O)N2CCCCC2)C(COc2cccnc2)C1.O=C(O)C(F)(F)F. The topological polar surface area (TPSA) is 113 Å². The van der Waals surface area contributed by atoms with Gasteiger partial charge in [0, 0.05) is 38.9 Å². The molecule has 2 aliphatic heterocycles. The van der Waals surface area contributed by atoms with Gasteiger partial charge in [-0.2, -0.15) is 13.2 Å². The Morgan fingerprint density at radius 1 is 1.06 bits per heavy atom. The summed E-state index contributed by atoms with van der Waals surface area (Å²) < 4.78 is 43.1. The predicted octanol–water partition coefficient (Wildman–Crippen LogP) is 3.62. The minimum absolute atomic E-state index is 0.0355. The van der Waals surface area contributed by atoms with E-state index in [9.17, 15) is 22.8 Å². The molecule has 3 rings (SSSR count). The first-order valence-corrected chi connectivity index (χ1v) is 11.6. The van der Waals surface area contributed by atoms with Crippen LogP contribution in [0, 0.1) is 0 Å². The first-order chi connectivity index (χ1) is 16.8. The molecule has 3 heterocycles. The number of ether oxygens (including phenoxy) is 2. The lowest BCUT2D eigenvalue weighted by molar-refractivity contribution is -0.192. The van der Waals surface area contributed by atoms with Crippen LogP contribution in [0.2, 0.25) is 0 Å². The highest BCUT2D eigenvalue weighted by atomic mass is 19.4. The van der Waals surface area contributed by atoms with Crippen LogP contribution < -0.4 is 4.74 Å². The number of carboxylic acids is 1. The first-order valence-electron chi connectivity index (χ1n) is 11.6. The molecule has 0 aromatic carbocycles. The van der Waals surface area contributed by atoms with E-state index in [2.05, 4.69) is 4.98 Å². The van der Waals surface area contributed by atoms with E-state index in [1.807, 2.05) is 36.6 Å². The molecule has 0 bridgehead atoms. The van der Waals surface area contributed by atoms with Crippen LogP contribution in [-0.2, 0) is 9.53 Å². The maximum Gasteiger partial charge on any atom is 0.490 e. The number of hydrogen-bond acceptors (Lipinski definition) is 6. The van der Waals surface area contributed by atoms with E-state index in [4.69, 9.17) is 19.4 Å². The van der Waals surface area contributed by atoms with Crippen LogP contribution >= 0.6 is 0 Å². The molecule has 1 aromatic rings. The summed E-state index contributed by atoms with van der Waals surface area (Å²) in [6.07, 6.45) is 1.15. The fourth-order valence-corrected chi connectivity index (χ4v) is 3.63. The van der Waals surface area contributed by atoms with E-state index in [0.29, 0.717) is 32.0 Å². The number of aliphatic carboxylic acids is 1. The van der Waals surface area contributed by atoms with Gasteiger partial charge in [0.2, 0.25) is 0 Å². The van der Waals surface area contributed by atoms with Crippen LogP contribution in [-0.4, -0.2) is 100 Å². The molecule has 202 valence electrons. The van der Waals surface area contributed by atoms with Gasteiger partial charge in [0.15, 0.2) is 0 Å². The van der Waals surface area contributed by atoms with Crippen molar-refractivity contribution in [1.29, 1.82) is 0 Å². The summed E-state index contributed by atoms with van der Waals surface area (Å²) in [5.74, 6) is -2.11. The molecule has 36 heavy (non-hydrogen) atoms. The van der Waals surface area contributed by atoms with E-state index in [1.165, 1.54) is 6.42 Å². The van der Waals surface area contributed by atoms with Crippen molar-refractivity contribution in [2.75, 3.05) is 39.3 Å². The minimum Gasteiger partial charge on any atom is -0.490 e. The number of likely N-dealkylation sites (tertiary alicyclic amines) is 1. The minimum atomic E-state index is -5.08. The number of hydrogen-bond donors (Lipinski definition) is 1. The number of rotatable bonds is 3. The zero-order chi connectivity index (χ0) is 26.9. The number of pyridine rings is 1. The Hall–Kier alpha value is -3.25. The highest BCUT2D eigenvalue weighted by molar-refractivity contribution is 5.76. The summed E-state index contributed by atoms with van der Waals surface area (Å²) in [4.78, 5) is 44.1. The third-order valence-electron chi connectivity index (χ3n) is 5.33. The number of piperazine rings is 1. The van der Waals surface area contributed by atoms with Crippen LogP contribution in [0.1, 0.15) is 40.0 Å². The third-order valence-corrected chi connectivity index (χ3v) is 5.33. The van der Waals surface area contributed by atoms with E-state index in [0.717, 1.165) is 25.9 Å². The summed E-state index contributed by atoms with van der Waals surface area (Å²) in [5.41, 5.74) is -0.556. The van der Waals surface area contributed by atoms with Crippen LogP contribution in [0.15, 0.2) is 24.5 Å². The molecule has 1 N–H and O–H groups in total. The number of urea groups is 1. The number of carbonyl (C=O) groups is 3. The van der Waals surface area contributed by atoms with Crippen molar-refractivity contribution < 1.29 is 42.1 Å². The Morgan fingerprint density at radius 3 is 2.22 bits per heavy atom. The van der Waals surface area contributed by atoms with Crippen molar-refractivity contribution in [2.24, 2.45) is 0 Å². The summed E-state index contributed by atoms with van der Waals surface area (Å²) in [5, 5.41) is 7.12. The van der Waals surface area contributed by atoms with Crippen molar-refractivity contribution >= 4 is 18.1 Å². The smallest absolute Gasteiger partial charge is 0.490 e. The number of aromatic nitrogens is 1. The van der Waals surface area contributed by atoms with Gasteiger partial charge in [0.05, 0.1) is 12.2 Å². The molecule has 13 heteroatoms. The number of carbonyl (C=O) groups excluding carboxylic acids is 2. The van der Waals surface area contributed by atoms with Gasteiger partial charge in [-0.05, 0) is 52.2 Å². The summed E-state index contributed by atoms with van der Waals surface area (Å²) >= 11 is 0. The van der Waals surface area contributed by atoms with Gasteiger partial charge >= 0.3 is 24.3 Å². The number of halogens is 3. The zero-order valence-corrected chi connectivity index (χ0v) is 20.7. The lowest BCUT2D eigenvalue weighted by Gasteiger charge is -2.43. The van der Waals surface area contributed by atoms with Gasteiger partial charge in [0.1, 0.15) is 18.0 Å². The Morgan fingerprint density at radius 2 is 1.69 bits per heavy atom. The molecule has 1 aromatic heterocycles. The molecule has 10 nitrogen and oxygen atoms in total. The van der Waals surface area contributed by atoms with Crippen LogP contribution in [0.25, 0.3) is 0 Å². The van der Waals surface area contributed by atoms with Gasteiger partial charge in [-0.3, -0.25) is 4.98 Å². The van der Waals surface area contributed by atoms with Crippen molar-refractivity contribution in [3.05, 3.63) is 24.5 Å². The first kappa shape index (κ1) is 29.0. The monoisotopic (exact) mass is 518 g/mol. The maximum absolute atomic E-state index is 13.1. The van der Waals surface area contributed by atoms with Gasteiger partial charge < -0.3 is 29.3 Å². The van der Waals surface area contributed by atoms with Crippen molar-refractivity contribution in [2.45, 2.75) is 57.9 Å². The molecule has 2 aliphatic rings. The highest BCUT2D eigenvalue weighted by Crippen LogP contribution is 2.20. The second kappa shape index (κ2) is 12.6. The second-order valence-corrected chi connectivity index (χ2v) is 9.41. The van der Waals surface area contributed by atoms with E-state index in [-0.39, 0.29) is 18.2 Å². The second-order valence-electron chi connectivity index (χ2n) is 9.41. The predicted molar refractivity (Wildman–Crippen MR) is 123 cm³/mol. The fraction of sp³-hybridized carbons (Fsp3) is 0.652. The number of nitrogens with zero attached hydrogens (tertiary/aromatic N) is 4. The number of carboxylic acid groups (broad SMARTS) is 1. The zero-order valence-electron chi connectivity index (χ0n) is 20.7. The number of amides is 3. The standard InChI is InChI=1S/C21H32N4O4.C2HF3O2/c1-21(2,3)29-20(27)24-12-13-25(19(26)23-10-5-4-6-11-23)17(15-24)16-28-18-8-7-9-22-14-18;3-2(4,5)1(6)7/h7-9,14,17H,4-6,10-13,15-16H2,1-3H3;(H,6,7). The Bertz CT molecular complexity index is 873. The van der Waals surface area contributed by atoms with Crippen LogP contribution in [0.4, 0.5) is 22.8 Å². The molecule has 1 unspecified atom stereocenters. The van der Waals surface area contributed by atoms with Gasteiger partial charge in [0.25, 0.3) is 0 Å². The van der Waals surface area contributed by atoms with Gasteiger partial charge in [-0.25, -0.2) is 14.4 Å². The highest BCUT2D eigenvalue weighted by Gasteiger charge is 2.38. The molecule has 0 saturated carbocycles. The summed E-state index contributed by atoms with van der Waals surface area (Å²) in [6.45, 7) is 8.74. The van der Waals surface area contributed by atoms with Crippen molar-refractivity contribution in [3.63, 3.8) is 0 Å². The maximum atomic E-state index is 13.1. The molecule has 1 atom stereocenters. The molecular formula is C23H33F3N4O6. The average Bonchev–Trinajstić information content (AvgIpc) is 2.82. The lowest BCUT2D eigenvalue weighted by Crippen LogP contribution is -2.61. The molecule has 2 saturated heterocycles. The molecule has 3 amide bonds. The van der Waals surface area contributed by atoms with Crippen LogP contribution in [0.5, 0.6) is 5.75 Å². The number of piperidine rings is 1. The van der Waals surface area contributed by atoms with Crippen LogP contribution in [0.3, 0.4) is 0 Å². The summed E-state index contributed by atoms with van der Waals surface area (Å²) in [6, 6.07) is 3.43. The van der Waals surface area contributed by atoms with Gasteiger partial charge in [-0.15, -0.1) is 0 Å². The molecule has 0 spiro atoms. The molecule has 0 radical (unpaired) electrons. The normalized spacial score (nSPS) is 18.6. The quantitative estimate of drug-likeness (QED) is 0.650. The van der Waals surface area contributed by atoms with E-state index < -0.39 is 17.7 Å².